The van der Waals surface area contributed by atoms with Gasteiger partial charge < -0.3 is 26.0 Å². The Morgan fingerprint density at radius 1 is 1.11 bits per heavy atom. The summed E-state index contributed by atoms with van der Waals surface area (Å²) in [6, 6.07) is 2.01. The quantitative estimate of drug-likeness (QED) is 0.395. The predicted octanol–water partition coefficient (Wildman–Crippen LogP) is -0.0387. The third kappa shape index (κ3) is 3.40. The molecule has 3 unspecified atom stereocenters. The number of carbonyl (C=O) groups is 5. The number of hydrogen-bond donors (Lipinski definition) is 4. The topological polar surface area (TPSA) is 175 Å². The van der Waals surface area contributed by atoms with Crippen LogP contribution in [0.25, 0.3) is 5.57 Å². The van der Waals surface area contributed by atoms with Crippen molar-refractivity contribution in [2.24, 2.45) is 29.4 Å². The summed E-state index contributed by atoms with van der Waals surface area (Å²) in [5, 5.41) is 33.3. The number of likely N-dealkylation sites (N-methyl/N-ethyl adjacent to an activating group) is 1. The van der Waals surface area contributed by atoms with E-state index < -0.39 is 64.7 Å². The number of hydrogen-bond acceptors (Lipinski definition) is 9. The van der Waals surface area contributed by atoms with Crippen molar-refractivity contribution in [2.45, 2.75) is 43.9 Å². The second-order valence-corrected chi connectivity index (χ2v) is 11.0. The van der Waals surface area contributed by atoms with Gasteiger partial charge in [-0.1, -0.05) is 18.2 Å². The maximum absolute atomic E-state index is 13.9. The highest BCUT2D eigenvalue weighted by molar-refractivity contribution is 6.26. The summed E-state index contributed by atoms with van der Waals surface area (Å²) >= 11 is 0. The number of nitrogens with two attached hydrogens (primary N) is 1. The van der Waals surface area contributed by atoms with Gasteiger partial charge in [-0.2, -0.15) is 0 Å². The summed E-state index contributed by atoms with van der Waals surface area (Å²) in [4.78, 5) is 67.0. The Kier molecular flexibility index (Phi) is 6.05. The lowest BCUT2D eigenvalue weighted by molar-refractivity contribution is -0.190. The number of aliphatic hydroxyl groups excluding tert-OH is 1. The number of aromatic hydroxyl groups is 1. The number of Topliss-reactive ketones (excluding diaryl/α,β-unsaturated/α-hetero) is 4. The zero-order valence-corrected chi connectivity index (χ0v) is 21.3. The fraction of sp³-hybridized carbons (Fsp3) is 0.464. The van der Waals surface area contributed by atoms with Crippen LogP contribution in [0.5, 0.6) is 5.75 Å². The van der Waals surface area contributed by atoms with Crippen molar-refractivity contribution < 1.29 is 39.3 Å². The third-order valence-corrected chi connectivity index (χ3v) is 8.78. The van der Waals surface area contributed by atoms with Gasteiger partial charge in [0.05, 0.1) is 17.6 Å². The van der Waals surface area contributed by atoms with Gasteiger partial charge in [-0.25, -0.2) is 0 Å². The highest BCUT2D eigenvalue weighted by atomic mass is 16.3. The number of benzene rings is 1. The summed E-state index contributed by atoms with van der Waals surface area (Å²) < 4.78 is 0. The molecule has 0 saturated heterocycles. The van der Waals surface area contributed by atoms with Crippen molar-refractivity contribution in [3.05, 3.63) is 46.5 Å². The van der Waals surface area contributed by atoms with Crippen LogP contribution >= 0.6 is 0 Å². The number of phenolic OH excluding ortho intramolecular Hbond substituents is 1. The number of ketones is 4. The van der Waals surface area contributed by atoms with Crippen LogP contribution in [0.1, 0.15) is 41.3 Å². The molecule has 2 saturated carbocycles. The van der Waals surface area contributed by atoms with Gasteiger partial charge in [-0.3, -0.25) is 24.0 Å². The maximum atomic E-state index is 13.9. The molecule has 4 aliphatic carbocycles. The fourth-order valence-corrected chi connectivity index (χ4v) is 7.18. The lowest BCUT2D eigenvalue weighted by Gasteiger charge is -2.54. The molecule has 0 heterocycles. The van der Waals surface area contributed by atoms with Crippen molar-refractivity contribution in [1.82, 2.24) is 4.90 Å². The van der Waals surface area contributed by atoms with E-state index in [9.17, 15) is 39.3 Å². The normalized spacial score (nSPS) is 34.3. The van der Waals surface area contributed by atoms with Crippen LogP contribution in [0, 0.1) is 23.7 Å². The van der Waals surface area contributed by atoms with Crippen LogP contribution in [0.3, 0.4) is 0 Å². The van der Waals surface area contributed by atoms with Gasteiger partial charge >= 0.3 is 0 Å². The minimum absolute atomic E-state index is 0.0266. The first kappa shape index (κ1) is 26.1. The van der Waals surface area contributed by atoms with Crippen molar-refractivity contribution >= 4 is 34.6 Å². The lowest BCUT2D eigenvalue weighted by atomic mass is 9.52. The molecule has 5 N–H and O–H groups in total. The first-order valence-electron chi connectivity index (χ1n) is 12.6. The molecule has 200 valence electrons. The molecular weight excluding hydrogens is 492 g/mol. The van der Waals surface area contributed by atoms with Crippen molar-refractivity contribution in [2.75, 3.05) is 14.1 Å². The maximum Gasteiger partial charge on any atom is 0.230 e. The third-order valence-electron chi connectivity index (χ3n) is 8.78. The SMILES string of the molecule is CC(=O)C1=CCC=C1c1ccc(O)c2c1C[C@@H]1C[C@@H]3[C@@H](N(C)C)C(O)C(C(N)=O)C(=O)[C@]3(O)C(=O)C1C2=O. The van der Waals surface area contributed by atoms with Gasteiger partial charge in [0.15, 0.2) is 28.7 Å². The lowest BCUT2D eigenvalue weighted by Crippen LogP contribution is -2.75. The predicted molar refractivity (Wildman–Crippen MR) is 134 cm³/mol. The first-order chi connectivity index (χ1) is 17.8. The molecule has 5 rings (SSSR count). The van der Waals surface area contributed by atoms with Gasteiger partial charge in [0.25, 0.3) is 0 Å². The molecule has 0 radical (unpaired) electrons. The number of phenols is 1. The van der Waals surface area contributed by atoms with Gasteiger partial charge in [0, 0.05) is 17.5 Å². The molecule has 0 spiro atoms. The van der Waals surface area contributed by atoms with E-state index in [1.54, 1.807) is 31.1 Å². The molecule has 0 aliphatic heterocycles. The molecule has 1 aromatic rings. The summed E-state index contributed by atoms with van der Waals surface area (Å²) in [7, 11) is 3.19. The Balaban J connectivity index is 1.65. The Bertz CT molecular complexity index is 1370. The van der Waals surface area contributed by atoms with Gasteiger partial charge in [0.2, 0.25) is 5.91 Å². The molecule has 0 bridgehead atoms. The number of primary amides is 1. The molecule has 0 aromatic heterocycles. The Morgan fingerprint density at radius 3 is 2.39 bits per heavy atom. The summed E-state index contributed by atoms with van der Waals surface area (Å²) in [6.07, 6.45) is 2.84. The second-order valence-electron chi connectivity index (χ2n) is 11.0. The van der Waals surface area contributed by atoms with E-state index in [2.05, 4.69) is 0 Å². The molecule has 10 nitrogen and oxygen atoms in total. The number of carbonyl (C=O) groups excluding carboxylic acids is 5. The molecular formula is C28H30N2O8. The number of amides is 1. The summed E-state index contributed by atoms with van der Waals surface area (Å²) in [5.74, 6) is -9.61. The van der Waals surface area contributed by atoms with E-state index in [0.29, 0.717) is 28.7 Å². The van der Waals surface area contributed by atoms with Gasteiger partial charge in [-0.05, 0) is 69.0 Å². The number of fused-ring (bicyclic) bond motifs is 3. The van der Waals surface area contributed by atoms with Crippen molar-refractivity contribution in [1.29, 1.82) is 0 Å². The van der Waals surface area contributed by atoms with Crippen LogP contribution in [-0.4, -0.2) is 81.1 Å². The first-order valence-corrected chi connectivity index (χ1v) is 12.6. The van der Waals surface area contributed by atoms with E-state index in [0.717, 1.165) is 0 Å². The van der Waals surface area contributed by atoms with E-state index in [-0.39, 0.29) is 29.9 Å². The van der Waals surface area contributed by atoms with Gasteiger partial charge in [-0.15, -0.1) is 0 Å². The Labute approximate surface area is 218 Å². The zero-order valence-electron chi connectivity index (χ0n) is 21.3. The minimum atomic E-state index is -2.70. The van der Waals surface area contributed by atoms with E-state index in [1.165, 1.54) is 13.0 Å². The van der Waals surface area contributed by atoms with Crippen molar-refractivity contribution in [3.63, 3.8) is 0 Å². The Hall–Kier alpha value is -3.47. The highest BCUT2D eigenvalue weighted by Crippen LogP contribution is 2.52. The highest BCUT2D eigenvalue weighted by Gasteiger charge is 2.69. The molecule has 7 atom stereocenters. The number of nitrogens with zero attached hydrogens (tertiary/aromatic N) is 1. The minimum Gasteiger partial charge on any atom is -0.507 e. The van der Waals surface area contributed by atoms with Crippen molar-refractivity contribution in [3.8, 4) is 5.75 Å². The summed E-state index contributed by atoms with van der Waals surface area (Å²) in [5.41, 5.74) is 4.88. The Morgan fingerprint density at radius 2 is 1.79 bits per heavy atom. The van der Waals surface area contributed by atoms with Gasteiger partial charge in [0.1, 0.15) is 11.7 Å². The van der Waals surface area contributed by atoms with E-state index >= 15 is 0 Å². The largest absolute Gasteiger partial charge is 0.507 e. The molecule has 10 heteroatoms. The molecule has 38 heavy (non-hydrogen) atoms. The van der Waals surface area contributed by atoms with E-state index in [1.807, 2.05) is 6.08 Å². The molecule has 1 amide bonds. The van der Waals surface area contributed by atoms with E-state index in [4.69, 9.17) is 5.73 Å². The smallest absolute Gasteiger partial charge is 0.230 e. The van der Waals surface area contributed by atoms with Crippen LogP contribution in [-0.2, 0) is 25.6 Å². The molecule has 4 aliphatic rings. The summed E-state index contributed by atoms with van der Waals surface area (Å²) in [6.45, 7) is 1.45. The van der Waals surface area contributed by atoms with Crippen LogP contribution < -0.4 is 5.73 Å². The van der Waals surface area contributed by atoms with Crippen LogP contribution in [0.15, 0.2) is 29.9 Å². The monoisotopic (exact) mass is 522 g/mol. The number of rotatable bonds is 4. The average Bonchev–Trinajstić information content (AvgIpc) is 3.31. The molecule has 1 aromatic carbocycles. The molecule has 2 fully saturated rings. The number of aliphatic hydroxyl groups is 2. The standard InChI is InChI=1S/C28H30N2O8/c1-11(31)13-5-4-6-14(13)15-7-8-18(32)20-16(15)9-12-10-17-22(30(2)3)24(34)21(27(29)37)26(36)28(17,38)25(35)19(12)23(20)33/h5-8,12,17,19,21-22,24,32,34,38H,4,9-10H2,1-3H3,(H2,29,37)/t12-,17-,19?,21?,22-,24?,28-/m1/s1. The van der Waals surface area contributed by atoms with Crippen LogP contribution in [0.4, 0.5) is 0 Å². The zero-order chi connectivity index (χ0) is 27.8. The fourth-order valence-electron chi connectivity index (χ4n) is 7.18. The second kappa shape index (κ2) is 8.79. The van der Waals surface area contributed by atoms with Crippen LogP contribution in [0.2, 0.25) is 0 Å². The average molecular weight is 523 g/mol. The number of allylic oxidation sites excluding steroid dienone is 4.